The molecule has 0 fully saturated rings. The molecule has 1 aromatic carbocycles. The van der Waals surface area contributed by atoms with Crippen LogP contribution in [0.5, 0.6) is 0 Å². The molecular formula is C11H14N2O2S. The summed E-state index contributed by atoms with van der Waals surface area (Å²) < 4.78 is 26.2. The average molecular weight is 238 g/mol. The third kappa shape index (κ3) is 3.33. The summed E-state index contributed by atoms with van der Waals surface area (Å²) >= 11 is 0. The van der Waals surface area contributed by atoms with E-state index in [9.17, 15) is 8.42 Å². The molecule has 0 atom stereocenters. The first-order chi connectivity index (χ1) is 7.24. The van der Waals surface area contributed by atoms with Crippen LogP contribution in [0, 0.1) is 11.3 Å². The molecule has 0 spiro atoms. The molecule has 16 heavy (non-hydrogen) atoms. The molecule has 5 heteroatoms. The Hall–Kier alpha value is -1.38. The first-order valence-corrected chi connectivity index (χ1v) is 6.27. The molecule has 1 N–H and O–H groups in total. The van der Waals surface area contributed by atoms with Gasteiger partial charge in [0, 0.05) is 5.54 Å². The van der Waals surface area contributed by atoms with Crippen molar-refractivity contribution >= 4 is 10.0 Å². The normalized spacial score (nSPS) is 12.1. The molecule has 0 aliphatic carbocycles. The van der Waals surface area contributed by atoms with Gasteiger partial charge in [0.05, 0.1) is 16.5 Å². The number of hydrogen-bond acceptors (Lipinski definition) is 3. The van der Waals surface area contributed by atoms with E-state index in [0.29, 0.717) is 5.56 Å². The summed E-state index contributed by atoms with van der Waals surface area (Å²) in [4.78, 5) is 0.168. The van der Waals surface area contributed by atoms with Crippen molar-refractivity contribution in [3.8, 4) is 6.07 Å². The predicted octanol–water partition coefficient (Wildman–Crippen LogP) is 1.64. The molecule has 1 aromatic rings. The van der Waals surface area contributed by atoms with Gasteiger partial charge in [-0.3, -0.25) is 0 Å². The molecule has 0 saturated heterocycles. The van der Waals surface area contributed by atoms with Crippen LogP contribution < -0.4 is 4.72 Å². The van der Waals surface area contributed by atoms with Crippen LogP contribution in [0.25, 0.3) is 0 Å². The lowest BCUT2D eigenvalue weighted by Crippen LogP contribution is -2.40. The highest BCUT2D eigenvalue weighted by Gasteiger charge is 2.21. The topological polar surface area (TPSA) is 70.0 Å². The van der Waals surface area contributed by atoms with E-state index in [2.05, 4.69) is 4.72 Å². The second-order valence-electron chi connectivity index (χ2n) is 4.49. The molecular weight excluding hydrogens is 224 g/mol. The van der Waals surface area contributed by atoms with Gasteiger partial charge in [-0.05, 0) is 45.0 Å². The third-order valence-corrected chi connectivity index (χ3v) is 3.51. The molecule has 0 saturated carbocycles. The summed E-state index contributed by atoms with van der Waals surface area (Å²) in [6, 6.07) is 7.75. The Bertz CT molecular complexity index is 504. The van der Waals surface area contributed by atoms with Crippen molar-refractivity contribution in [2.24, 2.45) is 0 Å². The maximum absolute atomic E-state index is 11.9. The van der Waals surface area contributed by atoms with Crippen molar-refractivity contribution in [2.45, 2.75) is 31.2 Å². The van der Waals surface area contributed by atoms with E-state index in [-0.39, 0.29) is 4.90 Å². The monoisotopic (exact) mass is 238 g/mol. The van der Waals surface area contributed by atoms with Crippen LogP contribution >= 0.6 is 0 Å². The minimum Gasteiger partial charge on any atom is -0.207 e. The van der Waals surface area contributed by atoms with Gasteiger partial charge in [-0.1, -0.05) is 0 Å². The Morgan fingerprint density at radius 1 is 1.19 bits per heavy atom. The van der Waals surface area contributed by atoms with E-state index < -0.39 is 15.6 Å². The Morgan fingerprint density at radius 2 is 1.69 bits per heavy atom. The minimum atomic E-state index is -3.50. The van der Waals surface area contributed by atoms with Crippen molar-refractivity contribution in [3.05, 3.63) is 29.8 Å². The molecule has 0 unspecified atom stereocenters. The van der Waals surface area contributed by atoms with Crippen LogP contribution in [-0.2, 0) is 10.0 Å². The van der Waals surface area contributed by atoms with E-state index in [1.165, 1.54) is 24.3 Å². The molecule has 0 aromatic heterocycles. The van der Waals surface area contributed by atoms with Gasteiger partial charge in [0.2, 0.25) is 10.0 Å². The van der Waals surface area contributed by atoms with Crippen LogP contribution in [0.4, 0.5) is 0 Å². The predicted molar refractivity (Wildman–Crippen MR) is 61.2 cm³/mol. The van der Waals surface area contributed by atoms with Gasteiger partial charge in [0.15, 0.2) is 0 Å². The second kappa shape index (κ2) is 4.24. The Kier molecular flexibility index (Phi) is 3.36. The van der Waals surface area contributed by atoms with Crippen LogP contribution in [0.3, 0.4) is 0 Å². The highest BCUT2D eigenvalue weighted by atomic mass is 32.2. The van der Waals surface area contributed by atoms with Gasteiger partial charge in [0.25, 0.3) is 0 Å². The Morgan fingerprint density at radius 3 is 2.06 bits per heavy atom. The Balaban J connectivity index is 3.05. The lowest BCUT2D eigenvalue weighted by atomic mass is 10.1. The zero-order valence-electron chi connectivity index (χ0n) is 9.48. The van der Waals surface area contributed by atoms with Crippen LogP contribution in [0.1, 0.15) is 26.3 Å². The van der Waals surface area contributed by atoms with Crippen LogP contribution in [0.15, 0.2) is 29.2 Å². The standard InChI is InChI=1S/C11H14N2O2S/c1-11(2,3)13-16(14,15)10-6-4-9(8-12)5-7-10/h4-7,13H,1-3H3. The summed E-state index contributed by atoms with van der Waals surface area (Å²) in [5, 5.41) is 8.60. The summed E-state index contributed by atoms with van der Waals surface area (Å²) in [5.41, 5.74) is -0.0816. The number of nitrogens with zero attached hydrogens (tertiary/aromatic N) is 1. The van der Waals surface area contributed by atoms with E-state index in [1.54, 1.807) is 20.8 Å². The summed E-state index contributed by atoms with van der Waals surface area (Å²) in [6.45, 7) is 5.32. The van der Waals surface area contributed by atoms with E-state index in [1.807, 2.05) is 6.07 Å². The number of benzene rings is 1. The van der Waals surface area contributed by atoms with E-state index in [4.69, 9.17) is 5.26 Å². The molecule has 86 valence electrons. The maximum Gasteiger partial charge on any atom is 0.241 e. The van der Waals surface area contributed by atoms with Crippen molar-refractivity contribution in [1.82, 2.24) is 4.72 Å². The highest BCUT2D eigenvalue weighted by Crippen LogP contribution is 2.13. The number of nitrogens with one attached hydrogen (secondary N) is 1. The number of nitriles is 1. The smallest absolute Gasteiger partial charge is 0.207 e. The first kappa shape index (κ1) is 12.7. The Labute approximate surface area is 96.0 Å². The van der Waals surface area contributed by atoms with Gasteiger partial charge >= 0.3 is 0 Å². The third-order valence-electron chi connectivity index (χ3n) is 1.73. The fourth-order valence-electron chi connectivity index (χ4n) is 1.17. The van der Waals surface area contributed by atoms with Gasteiger partial charge in [-0.2, -0.15) is 5.26 Å². The summed E-state index contributed by atoms with van der Waals surface area (Å²) in [6.07, 6.45) is 0. The average Bonchev–Trinajstić information content (AvgIpc) is 2.14. The summed E-state index contributed by atoms with van der Waals surface area (Å²) in [7, 11) is -3.50. The maximum atomic E-state index is 11.9. The molecule has 0 radical (unpaired) electrons. The zero-order valence-corrected chi connectivity index (χ0v) is 10.3. The van der Waals surface area contributed by atoms with Gasteiger partial charge < -0.3 is 0 Å². The van der Waals surface area contributed by atoms with Crippen molar-refractivity contribution in [1.29, 1.82) is 5.26 Å². The molecule has 0 aliphatic rings. The molecule has 0 bridgehead atoms. The molecule has 0 heterocycles. The number of hydrogen-bond donors (Lipinski definition) is 1. The summed E-state index contributed by atoms with van der Waals surface area (Å²) in [5.74, 6) is 0. The van der Waals surface area contributed by atoms with E-state index >= 15 is 0 Å². The number of sulfonamides is 1. The van der Waals surface area contributed by atoms with Gasteiger partial charge in [-0.25, -0.2) is 13.1 Å². The number of rotatable bonds is 2. The van der Waals surface area contributed by atoms with Crippen molar-refractivity contribution < 1.29 is 8.42 Å². The highest BCUT2D eigenvalue weighted by molar-refractivity contribution is 7.89. The molecule has 0 amide bonds. The second-order valence-corrected chi connectivity index (χ2v) is 6.17. The van der Waals surface area contributed by atoms with Gasteiger partial charge in [-0.15, -0.1) is 0 Å². The lowest BCUT2D eigenvalue weighted by molar-refractivity contribution is 0.491. The van der Waals surface area contributed by atoms with Crippen molar-refractivity contribution in [3.63, 3.8) is 0 Å². The van der Waals surface area contributed by atoms with Crippen LogP contribution in [0.2, 0.25) is 0 Å². The van der Waals surface area contributed by atoms with E-state index in [0.717, 1.165) is 0 Å². The quantitative estimate of drug-likeness (QED) is 0.851. The fraction of sp³-hybridized carbons (Fsp3) is 0.364. The lowest BCUT2D eigenvalue weighted by Gasteiger charge is -2.20. The minimum absolute atomic E-state index is 0.168. The fourth-order valence-corrected chi connectivity index (χ4v) is 2.59. The van der Waals surface area contributed by atoms with Gasteiger partial charge in [0.1, 0.15) is 0 Å². The molecule has 1 rings (SSSR count). The first-order valence-electron chi connectivity index (χ1n) is 4.79. The van der Waals surface area contributed by atoms with Crippen molar-refractivity contribution in [2.75, 3.05) is 0 Å². The largest absolute Gasteiger partial charge is 0.241 e. The SMILES string of the molecule is CC(C)(C)NS(=O)(=O)c1ccc(C#N)cc1. The molecule has 0 aliphatic heterocycles. The zero-order chi connectivity index (χ0) is 12.4. The van der Waals surface area contributed by atoms with Crippen LogP contribution in [-0.4, -0.2) is 14.0 Å². The molecule has 4 nitrogen and oxygen atoms in total.